The minimum absolute atomic E-state index is 0.205. The summed E-state index contributed by atoms with van der Waals surface area (Å²) in [6, 6.07) is 17.1. The molecule has 2 heterocycles. The number of carbonyl (C=O) groups is 1. The fourth-order valence-corrected chi connectivity index (χ4v) is 3.19. The SMILES string of the molecule is O=C(Nc1ccccn1)C(c1ccccc1)n1cc2ccc(Br)c(F)c2n1. The monoisotopic (exact) mass is 424 g/mol. The first kappa shape index (κ1) is 17.4. The zero-order valence-electron chi connectivity index (χ0n) is 14.0. The molecule has 134 valence electrons. The van der Waals surface area contributed by atoms with Crippen molar-refractivity contribution in [1.82, 2.24) is 14.8 Å². The quantitative estimate of drug-likeness (QED) is 0.522. The van der Waals surface area contributed by atoms with Crippen LogP contribution in [0.2, 0.25) is 0 Å². The highest BCUT2D eigenvalue weighted by molar-refractivity contribution is 9.10. The minimum atomic E-state index is -0.765. The number of carbonyl (C=O) groups excluding carboxylic acids is 1. The molecule has 0 spiro atoms. The number of anilines is 1. The number of rotatable bonds is 4. The van der Waals surface area contributed by atoms with Gasteiger partial charge >= 0.3 is 0 Å². The van der Waals surface area contributed by atoms with Crippen molar-refractivity contribution in [3.05, 3.63) is 88.9 Å². The van der Waals surface area contributed by atoms with Crippen molar-refractivity contribution >= 4 is 38.6 Å². The number of hydrogen-bond donors (Lipinski definition) is 1. The predicted octanol–water partition coefficient (Wildman–Crippen LogP) is 4.56. The largest absolute Gasteiger partial charge is 0.309 e. The number of halogens is 2. The second-order valence-corrected chi connectivity index (χ2v) is 6.78. The van der Waals surface area contributed by atoms with Crippen molar-refractivity contribution < 1.29 is 9.18 Å². The Kier molecular flexibility index (Phi) is 4.68. The maximum atomic E-state index is 14.4. The smallest absolute Gasteiger partial charge is 0.254 e. The van der Waals surface area contributed by atoms with Crippen LogP contribution in [0, 0.1) is 5.82 Å². The van der Waals surface area contributed by atoms with Gasteiger partial charge in [0.05, 0.1) is 4.47 Å². The molecule has 0 radical (unpaired) electrons. The van der Waals surface area contributed by atoms with E-state index in [1.54, 1.807) is 42.7 Å². The summed E-state index contributed by atoms with van der Waals surface area (Å²) in [5.41, 5.74) is 0.939. The van der Waals surface area contributed by atoms with Gasteiger partial charge in [-0.3, -0.25) is 9.48 Å². The standard InChI is InChI=1S/C20H14BrFN4O/c21-15-10-9-14-12-26(25-18(14)17(15)22)19(13-6-2-1-3-7-13)20(27)24-16-8-4-5-11-23-16/h1-12,19H,(H,23,24,27). The van der Waals surface area contributed by atoms with E-state index in [2.05, 4.69) is 31.3 Å². The van der Waals surface area contributed by atoms with Gasteiger partial charge in [-0.15, -0.1) is 0 Å². The first-order valence-corrected chi connectivity index (χ1v) is 9.02. The van der Waals surface area contributed by atoms with Crippen molar-refractivity contribution in [2.45, 2.75) is 6.04 Å². The molecule has 2 aromatic heterocycles. The van der Waals surface area contributed by atoms with Gasteiger partial charge in [-0.2, -0.15) is 5.10 Å². The highest BCUT2D eigenvalue weighted by atomic mass is 79.9. The third kappa shape index (κ3) is 3.46. The fraction of sp³-hybridized carbons (Fsp3) is 0.0500. The van der Waals surface area contributed by atoms with Gasteiger partial charge in [-0.25, -0.2) is 9.37 Å². The summed E-state index contributed by atoms with van der Waals surface area (Å²) in [4.78, 5) is 17.2. The van der Waals surface area contributed by atoms with E-state index in [9.17, 15) is 9.18 Å². The van der Waals surface area contributed by atoms with Gasteiger partial charge in [-0.1, -0.05) is 36.4 Å². The van der Waals surface area contributed by atoms with Crippen LogP contribution in [-0.4, -0.2) is 20.7 Å². The Morgan fingerprint density at radius 3 is 2.59 bits per heavy atom. The maximum absolute atomic E-state index is 14.4. The number of nitrogens with zero attached hydrogens (tertiary/aromatic N) is 3. The first-order valence-electron chi connectivity index (χ1n) is 8.23. The van der Waals surface area contributed by atoms with Crippen LogP contribution in [-0.2, 0) is 4.79 Å². The molecule has 0 saturated heterocycles. The van der Waals surface area contributed by atoms with Crippen molar-refractivity contribution in [3.8, 4) is 0 Å². The molecule has 1 unspecified atom stereocenters. The maximum Gasteiger partial charge on any atom is 0.254 e. The molecule has 1 amide bonds. The zero-order chi connectivity index (χ0) is 18.8. The van der Waals surface area contributed by atoms with E-state index in [4.69, 9.17) is 0 Å². The molecule has 1 atom stereocenters. The van der Waals surface area contributed by atoms with E-state index >= 15 is 0 Å². The number of benzene rings is 2. The van der Waals surface area contributed by atoms with Crippen LogP contribution in [0.1, 0.15) is 11.6 Å². The van der Waals surface area contributed by atoms with E-state index in [-0.39, 0.29) is 11.4 Å². The van der Waals surface area contributed by atoms with Gasteiger partial charge in [0, 0.05) is 17.8 Å². The lowest BCUT2D eigenvalue weighted by Crippen LogP contribution is -2.27. The van der Waals surface area contributed by atoms with Gasteiger partial charge in [0.1, 0.15) is 11.3 Å². The lowest BCUT2D eigenvalue weighted by Gasteiger charge is -2.17. The lowest BCUT2D eigenvalue weighted by atomic mass is 10.1. The Bertz CT molecular complexity index is 1100. The molecular weight excluding hydrogens is 411 g/mol. The Labute approximate surface area is 163 Å². The molecule has 4 rings (SSSR count). The van der Waals surface area contributed by atoms with Crippen molar-refractivity contribution in [2.75, 3.05) is 5.32 Å². The second-order valence-electron chi connectivity index (χ2n) is 5.93. The molecular formula is C20H14BrFN4O. The number of amides is 1. The summed E-state index contributed by atoms with van der Waals surface area (Å²) in [5.74, 6) is -0.329. The Hall–Kier alpha value is -3.06. The van der Waals surface area contributed by atoms with Gasteiger partial charge in [0.2, 0.25) is 0 Å². The number of hydrogen-bond acceptors (Lipinski definition) is 3. The minimum Gasteiger partial charge on any atom is -0.309 e. The molecule has 4 aromatic rings. The van der Waals surface area contributed by atoms with Gasteiger partial charge < -0.3 is 5.32 Å². The third-order valence-corrected chi connectivity index (χ3v) is 4.74. The summed E-state index contributed by atoms with van der Waals surface area (Å²) in [7, 11) is 0. The second kappa shape index (κ2) is 7.28. The molecule has 27 heavy (non-hydrogen) atoms. The molecule has 2 aromatic carbocycles. The Morgan fingerprint density at radius 2 is 1.85 bits per heavy atom. The molecule has 0 bridgehead atoms. The van der Waals surface area contributed by atoms with E-state index in [1.165, 1.54) is 4.68 Å². The Balaban J connectivity index is 1.79. The van der Waals surface area contributed by atoms with Crippen LogP contribution in [0.15, 0.2) is 77.5 Å². The lowest BCUT2D eigenvalue weighted by molar-refractivity contribution is -0.118. The van der Waals surface area contributed by atoms with Gasteiger partial charge in [0.25, 0.3) is 5.91 Å². The van der Waals surface area contributed by atoms with Crippen molar-refractivity contribution in [3.63, 3.8) is 0 Å². The molecule has 0 fully saturated rings. The van der Waals surface area contributed by atoms with E-state index < -0.39 is 11.9 Å². The summed E-state index contributed by atoms with van der Waals surface area (Å²) < 4.78 is 16.2. The highest BCUT2D eigenvalue weighted by Crippen LogP contribution is 2.27. The summed E-state index contributed by atoms with van der Waals surface area (Å²) in [6.45, 7) is 0. The highest BCUT2D eigenvalue weighted by Gasteiger charge is 2.25. The van der Waals surface area contributed by atoms with E-state index in [0.29, 0.717) is 15.7 Å². The third-order valence-electron chi connectivity index (χ3n) is 4.13. The van der Waals surface area contributed by atoms with Gasteiger partial charge in [-0.05, 0) is 45.8 Å². The summed E-state index contributed by atoms with van der Waals surface area (Å²) in [5, 5.41) is 7.75. The molecule has 0 aliphatic rings. The van der Waals surface area contributed by atoms with Crippen LogP contribution < -0.4 is 5.32 Å². The molecule has 1 N–H and O–H groups in total. The Morgan fingerprint density at radius 1 is 1.07 bits per heavy atom. The van der Waals surface area contributed by atoms with Crippen LogP contribution in [0.4, 0.5) is 10.2 Å². The van der Waals surface area contributed by atoms with Gasteiger partial charge in [0.15, 0.2) is 11.9 Å². The normalized spacial score (nSPS) is 12.1. The molecule has 0 aliphatic carbocycles. The van der Waals surface area contributed by atoms with Crippen molar-refractivity contribution in [2.24, 2.45) is 0 Å². The van der Waals surface area contributed by atoms with Crippen LogP contribution in [0.5, 0.6) is 0 Å². The topological polar surface area (TPSA) is 59.8 Å². The average Bonchev–Trinajstić information content (AvgIpc) is 3.11. The summed E-state index contributed by atoms with van der Waals surface area (Å²) >= 11 is 3.17. The molecule has 0 saturated carbocycles. The van der Waals surface area contributed by atoms with Crippen molar-refractivity contribution in [1.29, 1.82) is 0 Å². The predicted molar refractivity (Wildman–Crippen MR) is 105 cm³/mol. The fourth-order valence-electron chi connectivity index (χ4n) is 2.87. The number of fused-ring (bicyclic) bond motifs is 1. The summed E-state index contributed by atoms with van der Waals surface area (Å²) in [6.07, 6.45) is 3.27. The number of aromatic nitrogens is 3. The van der Waals surface area contributed by atoms with Crippen LogP contribution >= 0.6 is 15.9 Å². The number of nitrogens with one attached hydrogen (secondary N) is 1. The van der Waals surface area contributed by atoms with Crippen LogP contribution in [0.3, 0.4) is 0 Å². The zero-order valence-corrected chi connectivity index (χ0v) is 15.6. The molecule has 5 nitrogen and oxygen atoms in total. The first-order chi connectivity index (χ1) is 13.1. The van der Waals surface area contributed by atoms with E-state index in [1.807, 2.05) is 30.3 Å². The van der Waals surface area contributed by atoms with Crippen LogP contribution in [0.25, 0.3) is 10.9 Å². The average molecular weight is 425 g/mol. The molecule has 0 aliphatic heterocycles. The number of pyridine rings is 1. The molecule has 7 heteroatoms. The van der Waals surface area contributed by atoms with E-state index in [0.717, 1.165) is 5.56 Å².